The zero-order valence-corrected chi connectivity index (χ0v) is 12.8. The average molecular weight is 331 g/mol. The molecule has 21 heavy (non-hydrogen) atoms. The van der Waals surface area contributed by atoms with Crippen LogP contribution in [0.1, 0.15) is 12.8 Å². The molecule has 1 fully saturated rings. The number of carbonyl (C=O) groups excluding carboxylic acids is 2. The Kier molecular flexibility index (Phi) is 5.70. The Bertz CT molecular complexity index is 533. The molecule has 5 nitrogen and oxygen atoms in total. The third kappa shape index (κ3) is 5.10. The van der Waals surface area contributed by atoms with Gasteiger partial charge in [-0.1, -0.05) is 29.3 Å². The summed E-state index contributed by atoms with van der Waals surface area (Å²) in [4.78, 5) is 22.8. The summed E-state index contributed by atoms with van der Waals surface area (Å²) in [5.74, 6) is 0.281. The molecular formula is C14H16Cl2N2O3. The number of nitrogens with one attached hydrogen (secondary N) is 2. The van der Waals surface area contributed by atoms with Crippen molar-refractivity contribution in [3.63, 3.8) is 0 Å². The van der Waals surface area contributed by atoms with Crippen LogP contribution < -0.4 is 15.4 Å². The summed E-state index contributed by atoms with van der Waals surface area (Å²) in [7, 11) is 0. The lowest BCUT2D eigenvalue weighted by molar-refractivity contribution is -0.126. The molecule has 2 rings (SSSR count). The number of hydrogen-bond donors (Lipinski definition) is 2. The van der Waals surface area contributed by atoms with Gasteiger partial charge < -0.3 is 15.4 Å². The Balaban J connectivity index is 1.61. The van der Waals surface area contributed by atoms with Gasteiger partial charge in [0.2, 0.25) is 11.8 Å². The van der Waals surface area contributed by atoms with Crippen molar-refractivity contribution in [3.05, 3.63) is 28.2 Å². The molecular weight excluding hydrogens is 315 g/mol. The number of benzene rings is 1. The van der Waals surface area contributed by atoms with Crippen LogP contribution in [0.2, 0.25) is 10.0 Å². The normalized spacial score (nSPS) is 13.6. The van der Waals surface area contributed by atoms with Crippen LogP contribution in [0.3, 0.4) is 0 Å². The largest absolute Gasteiger partial charge is 0.490 e. The maximum Gasteiger partial charge on any atom is 0.239 e. The lowest BCUT2D eigenvalue weighted by Gasteiger charge is -2.10. The van der Waals surface area contributed by atoms with E-state index >= 15 is 0 Å². The van der Waals surface area contributed by atoms with E-state index in [-0.39, 0.29) is 30.9 Å². The van der Waals surface area contributed by atoms with Crippen LogP contribution in [0, 0.1) is 5.92 Å². The van der Waals surface area contributed by atoms with Gasteiger partial charge in [-0.05, 0) is 25.0 Å². The van der Waals surface area contributed by atoms with Crippen LogP contribution in [-0.4, -0.2) is 31.5 Å². The number of hydrogen-bond acceptors (Lipinski definition) is 3. The highest BCUT2D eigenvalue weighted by molar-refractivity contribution is 6.42. The van der Waals surface area contributed by atoms with Crippen LogP contribution in [0.15, 0.2) is 18.2 Å². The molecule has 0 spiro atoms. The fraction of sp³-hybridized carbons (Fsp3) is 0.429. The van der Waals surface area contributed by atoms with Crippen molar-refractivity contribution in [3.8, 4) is 5.75 Å². The van der Waals surface area contributed by atoms with E-state index in [1.165, 1.54) is 0 Å². The minimum atomic E-state index is -0.246. The summed E-state index contributed by atoms with van der Waals surface area (Å²) >= 11 is 11.8. The maximum absolute atomic E-state index is 11.5. The molecule has 2 amide bonds. The van der Waals surface area contributed by atoms with Crippen LogP contribution in [0.25, 0.3) is 0 Å². The number of halogens is 2. The molecule has 114 valence electrons. The molecule has 1 aliphatic carbocycles. The van der Waals surface area contributed by atoms with E-state index in [1.807, 2.05) is 0 Å². The summed E-state index contributed by atoms with van der Waals surface area (Å²) in [6.45, 7) is 0.580. The van der Waals surface area contributed by atoms with E-state index in [1.54, 1.807) is 18.2 Å². The maximum atomic E-state index is 11.5. The second-order valence-electron chi connectivity index (χ2n) is 4.74. The molecule has 1 aromatic carbocycles. The molecule has 0 saturated heterocycles. The van der Waals surface area contributed by atoms with E-state index in [2.05, 4.69) is 10.6 Å². The first-order chi connectivity index (χ1) is 10.1. The summed E-state index contributed by atoms with van der Waals surface area (Å²) in [6, 6.07) is 5.10. The zero-order chi connectivity index (χ0) is 15.2. The van der Waals surface area contributed by atoms with Crippen LogP contribution in [0.4, 0.5) is 0 Å². The van der Waals surface area contributed by atoms with Gasteiger partial charge in [0.15, 0.2) is 0 Å². The number of rotatable bonds is 7. The predicted molar refractivity (Wildman–Crippen MR) is 80.7 cm³/mol. The van der Waals surface area contributed by atoms with Crippen molar-refractivity contribution in [2.75, 3.05) is 19.7 Å². The molecule has 2 N–H and O–H groups in total. The lowest BCUT2D eigenvalue weighted by Crippen LogP contribution is -2.39. The van der Waals surface area contributed by atoms with E-state index in [0.717, 1.165) is 12.8 Å². The highest BCUT2D eigenvalue weighted by Crippen LogP contribution is 2.31. The van der Waals surface area contributed by atoms with E-state index in [4.69, 9.17) is 27.9 Å². The first-order valence-corrected chi connectivity index (χ1v) is 7.44. The quantitative estimate of drug-likeness (QED) is 0.751. The molecule has 0 aromatic heterocycles. The first-order valence-electron chi connectivity index (χ1n) is 6.69. The molecule has 0 radical (unpaired) electrons. The zero-order valence-electron chi connectivity index (χ0n) is 11.3. The van der Waals surface area contributed by atoms with E-state index < -0.39 is 0 Å². The highest BCUT2D eigenvalue weighted by Gasteiger charge is 2.29. The average Bonchev–Trinajstić information content (AvgIpc) is 3.30. The molecule has 0 unspecified atom stereocenters. The van der Waals surface area contributed by atoms with Gasteiger partial charge in [0.1, 0.15) is 17.4 Å². The Morgan fingerprint density at radius 1 is 1.24 bits per heavy atom. The minimum absolute atomic E-state index is 0.00669. The van der Waals surface area contributed by atoms with Gasteiger partial charge in [-0.25, -0.2) is 0 Å². The molecule has 7 heteroatoms. The molecule has 1 aliphatic rings. The SMILES string of the molecule is O=C(CNC(=O)C1CC1)NCCOc1cccc(Cl)c1Cl. The predicted octanol–water partition coefficient (Wildman–Crippen LogP) is 2.01. The molecule has 0 bridgehead atoms. The van der Waals surface area contributed by atoms with Gasteiger partial charge in [-0.2, -0.15) is 0 Å². The smallest absolute Gasteiger partial charge is 0.239 e. The fourth-order valence-corrected chi connectivity index (χ4v) is 2.01. The third-order valence-electron chi connectivity index (χ3n) is 2.97. The number of ether oxygens (including phenoxy) is 1. The summed E-state index contributed by atoms with van der Waals surface area (Å²) in [6.07, 6.45) is 1.84. The Hall–Kier alpha value is -1.46. The van der Waals surface area contributed by atoms with Gasteiger partial charge in [0.05, 0.1) is 18.1 Å². The van der Waals surface area contributed by atoms with Crippen molar-refractivity contribution in [1.29, 1.82) is 0 Å². The molecule has 0 atom stereocenters. The van der Waals surface area contributed by atoms with E-state index in [9.17, 15) is 9.59 Å². The number of carbonyl (C=O) groups is 2. The van der Waals surface area contributed by atoms with Crippen molar-refractivity contribution in [2.45, 2.75) is 12.8 Å². The number of amides is 2. The summed E-state index contributed by atoms with van der Waals surface area (Å²) < 4.78 is 5.42. The lowest BCUT2D eigenvalue weighted by atomic mass is 10.3. The van der Waals surface area contributed by atoms with Crippen molar-refractivity contribution in [1.82, 2.24) is 10.6 Å². The van der Waals surface area contributed by atoms with Crippen molar-refractivity contribution in [2.24, 2.45) is 5.92 Å². The highest BCUT2D eigenvalue weighted by atomic mass is 35.5. The molecule has 1 saturated carbocycles. The van der Waals surface area contributed by atoms with Crippen molar-refractivity contribution < 1.29 is 14.3 Å². The van der Waals surface area contributed by atoms with Gasteiger partial charge >= 0.3 is 0 Å². The molecule has 0 aliphatic heterocycles. The molecule has 1 aromatic rings. The van der Waals surface area contributed by atoms with Crippen LogP contribution in [0.5, 0.6) is 5.75 Å². The van der Waals surface area contributed by atoms with Gasteiger partial charge in [0.25, 0.3) is 0 Å². The first kappa shape index (κ1) is 15.9. The van der Waals surface area contributed by atoms with E-state index in [0.29, 0.717) is 22.3 Å². The Morgan fingerprint density at radius 2 is 2.00 bits per heavy atom. The second kappa shape index (κ2) is 7.52. The van der Waals surface area contributed by atoms with Crippen LogP contribution >= 0.6 is 23.2 Å². The fourth-order valence-electron chi connectivity index (χ4n) is 1.67. The monoisotopic (exact) mass is 330 g/mol. The molecule has 0 heterocycles. The third-order valence-corrected chi connectivity index (χ3v) is 3.77. The topological polar surface area (TPSA) is 67.4 Å². The van der Waals surface area contributed by atoms with Gasteiger partial charge in [0, 0.05) is 5.92 Å². The van der Waals surface area contributed by atoms with Gasteiger partial charge in [-0.3, -0.25) is 9.59 Å². The standard InChI is InChI=1S/C14H16Cl2N2O3/c15-10-2-1-3-11(13(10)16)21-7-6-17-12(19)8-18-14(20)9-4-5-9/h1-3,9H,4-8H2,(H,17,19)(H,18,20). The Morgan fingerprint density at radius 3 is 2.71 bits per heavy atom. The van der Waals surface area contributed by atoms with Crippen LogP contribution in [-0.2, 0) is 9.59 Å². The summed E-state index contributed by atoms with van der Waals surface area (Å²) in [5, 5.41) is 6.00. The summed E-state index contributed by atoms with van der Waals surface area (Å²) in [5.41, 5.74) is 0. The second-order valence-corrected chi connectivity index (χ2v) is 5.53. The van der Waals surface area contributed by atoms with Crippen molar-refractivity contribution >= 4 is 35.0 Å². The minimum Gasteiger partial charge on any atom is -0.490 e. The van der Waals surface area contributed by atoms with Gasteiger partial charge in [-0.15, -0.1) is 0 Å². The Labute approximate surface area is 132 Å².